The maximum absolute atomic E-state index is 11.7. The molecule has 1 rings (SSSR count). The van der Waals surface area contributed by atoms with Crippen LogP contribution in [0.3, 0.4) is 0 Å². The van der Waals surface area contributed by atoms with Gasteiger partial charge in [-0.15, -0.1) is 0 Å². The Balaban J connectivity index is 2.81. The number of nitro groups is 1. The second kappa shape index (κ2) is 6.69. The van der Waals surface area contributed by atoms with Crippen molar-refractivity contribution in [3.8, 4) is 5.75 Å². The number of rotatable bonds is 6. The molecular formula is C12H16N2O5. The van der Waals surface area contributed by atoms with Crippen molar-refractivity contribution < 1.29 is 19.6 Å². The quantitative estimate of drug-likeness (QED) is 0.594. The van der Waals surface area contributed by atoms with Crippen molar-refractivity contribution in [3.05, 3.63) is 33.9 Å². The number of hydrogen-bond acceptors (Lipinski definition) is 5. The van der Waals surface area contributed by atoms with E-state index in [0.29, 0.717) is 13.0 Å². The third-order valence-electron chi connectivity index (χ3n) is 2.49. The summed E-state index contributed by atoms with van der Waals surface area (Å²) in [6.07, 6.45) is -0.0882. The van der Waals surface area contributed by atoms with E-state index in [1.165, 1.54) is 19.2 Å². The smallest absolute Gasteiger partial charge is 0.311 e. The first-order valence-electron chi connectivity index (χ1n) is 5.74. The SMILES string of the molecule is COc1ccc(C(=O)NCCC(C)O)cc1[N+](=O)[O-]. The Labute approximate surface area is 110 Å². The fourth-order valence-corrected chi connectivity index (χ4v) is 1.47. The molecule has 0 saturated carbocycles. The summed E-state index contributed by atoms with van der Waals surface area (Å²) in [6.45, 7) is 1.92. The van der Waals surface area contributed by atoms with Crippen LogP contribution in [0.1, 0.15) is 23.7 Å². The number of nitrogens with zero attached hydrogens (tertiary/aromatic N) is 1. The van der Waals surface area contributed by atoms with Crippen LogP contribution in [0.15, 0.2) is 18.2 Å². The molecule has 0 aliphatic rings. The van der Waals surface area contributed by atoms with E-state index < -0.39 is 16.9 Å². The number of nitrogens with one attached hydrogen (secondary N) is 1. The van der Waals surface area contributed by atoms with E-state index in [0.717, 1.165) is 6.07 Å². The van der Waals surface area contributed by atoms with Crippen LogP contribution in [-0.2, 0) is 0 Å². The Morgan fingerprint density at radius 1 is 1.58 bits per heavy atom. The van der Waals surface area contributed by atoms with Gasteiger partial charge in [-0.05, 0) is 25.5 Å². The molecule has 0 fully saturated rings. The molecule has 0 spiro atoms. The highest BCUT2D eigenvalue weighted by Gasteiger charge is 2.17. The van der Waals surface area contributed by atoms with Gasteiger partial charge in [-0.1, -0.05) is 0 Å². The summed E-state index contributed by atoms with van der Waals surface area (Å²) in [4.78, 5) is 22.0. The van der Waals surface area contributed by atoms with Crippen LogP contribution in [0.4, 0.5) is 5.69 Å². The molecule has 0 aromatic heterocycles. The molecule has 0 heterocycles. The molecule has 0 saturated heterocycles. The monoisotopic (exact) mass is 268 g/mol. The second-order valence-corrected chi connectivity index (χ2v) is 4.04. The molecule has 1 aromatic carbocycles. The standard InChI is InChI=1S/C12H16N2O5/c1-8(15)5-6-13-12(16)9-3-4-11(19-2)10(7-9)14(17)18/h3-4,7-8,15H,5-6H2,1-2H3,(H,13,16). The predicted molar refractivity (Wildman–Crippen MR) is 68.3 cm³/mol. The van der Waals surface area contributed by atoms with E-state index in [9.17, 15) is 14.9 Å². The second-order valence-electron chi connectivity index (χ2n) is 4.04. The number of carbonyl (C=O) groups excluding carboxylic acids is 1. The van der Waals surface area contributed by atoms with Gasteiger partial charge in [0.15, 0.2) is 5.75 Å². The minimum absolute atomic E-state index is 0.102. The molecule has 1 unspecified atom stereocenters. The summed E-state index contributed by atoms with van der Waals surface area (Å²) >= 11 is 0. The third-order valence-corrected chi connectivity index (χ3v) is 2.49. The highest BCUT2D eigenvalue weighted by molar-refractivity contribution is 5.95. The first-order valence-corrected chi connectivity index (χ1v) is 5.74. The van der Waals surface area contributed by atoms with Gasteiger partial charge in [0.1, 0.15) is 0 Å². The summed E-state index contributed by atoms with van der Waals surface area (Å²) in [7, 11) is 1.32. The zero-order valence-corrected chi connectivity index (χ0v) is 10.8. The lowest BCUT2D eigenvalue weighted by Gasteiger charge is -2.07. The predicted octanol–water partition coefficient (Wildman–Crippen LogP) is 1.10. The number of carbonyl (C=O) groups is 1. The van der Waals surface area contributed by atoms with Gasteiger partial charge >= 0.3 is 5.69 Å². The maximum atomic E-state index is 11.7. The summed E-state index contributed by atoms with van der Waals surface area (Å²) in [5.41, 5.74) is -0.0798. The Kier molecular flexibility index (Phi) is 5.25. The van der Waals surface area contributed by atoms with Gasteiger partial charge < -0.3 is 15.2 Å². The van der Waals surface area contributed by atoms with Crippen molar-refractivity contribution in [1.82, 2.24) is 5.32 Å². The van der Waals surface area contributed by atoms with Crippen LogP contribution in [0, 0.1) is 10.1 Å². The van der Waals surface area contributed by atoms with E-state index in [1.54, 1.807) is 6.92 Å². The van der Waals surface area contributed by atoms with Crippen LogP contribution in [0.25, 0.3) is 0 Å². The Morgan fingerprint density at radius 2 is 2.26 bits per heavy atom. The average molecular weight is 268 g/mol. The highest BCUT2D eigenvalue weighted by Crippen LogP contribution is 2.27. The lowest BCUT2D eigenvalue weighted by atomic mass is 10.1. The Hall–Kier alpha value is -2.15. The van der Waals surface area contributed by atoms with Gasteiger partial charge in [0.2, 0.25) is 0 Å². The first-order chi connectivity index (χ1) is 8.95. The number of ether oxygens (including phenoxy) is 1. The van der Waals surface area contributed by atoms with E-state index in [-0.39, 0.29) is 17.0 Å². The first kappa shape index (κ1) is 14.9. The fraction of sp³-hybridized carbons (Fsp3) is 0.417. The molecule has 2 N–H and O–H groups in total. The summed E-state index contributed by atoms with van der Waals surface area (Å²) in [5, 5.41) is 22.5. The molecule has 1 amide bonds. The number of hydrogen-bond donors (Lipinski definition) is 2. The Morgan fingerprint density at radius 3 is 2.79 bits per heavy atom. The lowest BCUT2D eigenvalue weighted by molar-refractivity contribution is -0.385. The number of methoxy groups -OCH3 is 1. The van der Waals surface area contributed by atoms with Crippen molar-refractivity contribution >= 4 is 11.6 Å². The zero-order chi connectivity index (χ0) is 14.4. The van der Waals surface area contributed by atoms with Gasteiger partial charge in [-0.25, -0.2) is 0 Å². The molecule has 0 aliphatic heterocycles. The van der Waals surface area contributed by atoms with Crippen LogP contribution < -0.4 is 10.1 Å². The molecule has 0 bridgehead atoms. The average Bonchev–Trinajstić information content (AvgIpc) is 2.37. The number of nitro benzene ring substituents is 1. The van der Waals surface area contributed by atoms with E-state index in [4.69, 9.17) is 9.84 Å². The molecule has 0 radical (unpaired) electrons. The highest BCUT2D eigenvalue weighted by atomic mass is 16.6. The zero-order valence-electron chi connectivity index (χ0n) is 10.8. The van der Waals surface area contributed by atoms with Gasteiger partial charge in [-0.3, -0.25) is 14.9 Å². The van der Waals surface area contributed by atoms with Crippen molar-refractivity contribution in [1.29, 1.82) is 0 Å². The number of benzene rings is 1. The number of aliphatic hydroxyl groups is 1. The van der Waals surface area contributed by atoms with Crippen molar-refractivity contribution in [3.63, 3.8) is 0 Å². The Bertz CT molecular complexity index is 473. The van der Waals surface area contributed by atoms with E-state index >= 15 is 0 Å². The van der Waals surface area contributed by atoms with Crippen LogP contribution >= 0.6 is 0 Å². The van der Waals surface area contributed by atoms with Crippen LogP contribution in [-0.4, -0.2) is 35.7 Å². The lowest BCUT2D eigenvalue weighted by Crippen LogP contribution is -2.26. The van der Waals surface area contributed by atoms with E-state index in [1.807, 2.05) is 0 Å². The molecule has 19 heavy (non-hydrogen) atoms. The molecule has 0 aliphatic carbocycles. The molecule has 1 atom stereocenters. The normalized spacial score (nSPS) is 11.7. The van der Waals surface area contributed by atoms with Gasteiger partial charge in [0.05, 0.1) is 18.1 Å². The summed E-state index contributed by atoms with van der Waals surface area (Å²) < 4.78 is 4.85. The van der Waals surface area contributed by atoms with Crippen molar-refractivity contribution in [2.75, 3.05) is 13.7 Å². The van der Waals surface area contributed by atoms with Gasteiger partial charge in [0, 0.05) is 18.2 Å². The van der Waals surface area contributed by atoms with Crippen LogP contribution in [0.2, 0.25) is 0 Å². The maximum Gasteiger partial charge on any atom is 0.311 e. The van der Waals surface area contributed by atoms with Gasteiger partial charge in [0.25, 0.3) is 5.91 Å². The summed E-state index contributed by atoms with van der Waals surface area (Å²) in [6, 6.07) is 3.99. The molecule has 104 valence electrons. The molecule has 7 heteroatoms. The van der Waals surface area contributed by atoms with Crippen molar-refractivity contribution in [2.45, 2.75) is 19.4 Å². The minimum Gasteiger partial charge on any atom is -0.490 e. The number of aliphatic hydroxyl groups excluding tert-OH is 1. The fourth-order valence-electron chi connectivity index (χ4n) is 1.47. The molecule has 7 nitrogen and oxygen atoms in total. The topological polar surface area (TPSA) is 102 Å². The molecular weight excluding hydrogens is 252 g/mol. The third kappa shape index (κ3) is 4.22. The van der Waals surface area contributed by atoms with Crippen LogP contribution in [0.5, 0.6) is 5.75 Å². The van der Waals surface area contributed by atoms with Crippen molar-refractivity contribution in [2.24, 2.45) is 0 Å². The summed E-state index contributed by atoms with van der Waals surface area (Å²) in [5.74, 6) is -0.322. The number of amides is 1. The van der Waals surface area contributed by atoms with E-state index in [2.05, 4.69) is 5.32 Å². The minimum atomic E-state index is -0.606. The largest absolute Gasteiger partial charge is 0.490 e. The molecule has 1 aromatic rings. The van der Waals surface area contributed by atoms with Gasteiger partial charge in [-0.2, -0.15) is 0 Å².